The van der Waals surface area contributed by atoms with Gasteiger partial charge in [0.15, 0.2) is 6.21 Å². The van der Waals surface area contributed by atoms with Gasteiger partial charge in [0, 0.05) is 82.2 Å². The third kappa shape index (κ3) is 16.4. The summed E-state index contributed by atoms with van der Waals surface area (Å²) in [6.07, 6.45) is 19.7. The molecule has 2 fully saturated rings. The molecule has 3 atom stereocenters. The van der Waals surface area contributed by atoms with Crippen LogP contribution in [-0.2, 0) is 23.1 Å². The first kappa shape index (κ1) is 59.8. The summed E-state index contributed by atoms with van der Waals surface area (Å²) in [4.78, 5) is 49.3. The fourth-order valence-electron chi connectivity index (χ4n) is 10.1. The van der Waals surface area contributed by atoms with Gasteiger partial charge < -0.3 is 10.2 Å². The van der Waals surface area contributed by atoms with Gasteiger partial charge >= 0.3 is 5.69 Å². The van der Waals surface area contributed by atoms with Gasteiger partial charge in [-0.15, -0.1) is 0 Å². The van der Waals surface area contributed by atoms with E-state index in [4.69, 9.17) is 0 Å². The lowest BCUT2D eigenvalue weighted by Crippen LogP contribution is -2.40. The maximum absolute atomic E-state index is 14.2. The van der Waals surface area contributed by atoms with Crippen LogP contribution in [0.2, 0.25) is 0 Å². The molecule has 3 unspecified atom stereocenters. The topological polar surface area (TPSA) is 120 Å². The van der Waals surface area contributed by atoms with Gasteiger partial charge in [-0.3, -0.25) is 33.9 Å². The predicted molar refractivity (Wildman–Crippen MR) is 304 cm³/mol. The summed E-state index contributed by atoms with van der Waals surface area (Å²) in [6.45, 7) is 30.8. The average Bonchev–Trinajstić information content (AvgIpc) is 3.65. The number of aromatic nitrogens is 3. The van der Waals surface area contributed by atoms with Crippen molar-refractivity contribution in [2.45, 2.75) is 144 Å². The van der Waals surface area contributed by atoms with Crippen molar-refractivity contribution in [2.24, 2.45) is 18.0 Å². The van der Waals surface area contributed by atoms with E-state index < -0.39 is 23.5 Å². The van der Waals surface area contributed by atoms with Crippen molar-refractivity contribution in [3.05, 3.63) is 123 Å². The number of imidazole rings is 1. The second-order valence-corrected chi connectivity index (χ2v) is 19.5. The Labute approximate surface area is 437 Å². The van der Waals surface area contributed by atoms with Crippen LogP contribution < -0.4 is 16.3 Å². The molecule has 0 saturated carbocycles. The minimum absolute atomic E-state index is 0.289. The number of halogens is 1. The number of nitrogens with zero attached hydrogens (tertiary/aromatic N) is 7. The van der Waals surface area contributed by atoms with Gasteiger partial charge in [0.2, 0.25) is 12.3 Å². The SMILES string of the molecule is C=C(/C=C(\C)C(C)N1CCC(c2ccc(C=[N+]3CCC(CN(CCC)C(C)CC)CC3)cc2)CC1)/C(=C\C=NC)c1ccc(NC)nc1.CC.CCCC(C(=O)NC=O)n1c(=O)n(C)c2cc(CC)c(F)cc21. The molecule has 12 nitrogen and oxygen atoms in total. The highest BCUT2D eigenvalue weighted by atomic mass is 19.1. The summed E-state index contributed by atoms with van der Waals surface area (Å²) in [5.74, 6) is 1.33. The number of anilines is 1. The number of carbonyl (C=O) groups is 2. The molecule has 4 aromatic rings. The van der Waals surface area contributed by atoms with E-state index in [0.717, 1.165) is 41.5 Å². The molecule has 398 valence electrons. The fourth-order valence-corrected chi connectivity index (χ4v) is 10.1. The molecule has 2 aliphatic heterocycles. The molecule has 0 bridgehead atoms. The zero-order valence-corrected chi connectivity index (χ0v) is 46.5. The van der Waals surface area contributed by atoms with Crippen LogP contribution in [0.5, 0.6) is 0 Å². The first-order valence-electron chi connectivity index (χ1n) is 27.2. The van der Waals surface area contributed by atoms with Crippen molar-refractivity contribution in [2.75, 3.05) is 58.7 Å². The number of amides is 2. The van der Waals surface area contributed by atoms with Crippen molar-refractivity contribution >= 4 is 47.2 Å². The number of pyridine rings is 1. The Balaban J connectivity index is 0.000000385. The van der Waals surface area contributed by atoms with Crippen LogP contribution in [-0.4, -0.2) is 119 Å². The van der Waals surface area contributed by atoms with Crippen LogP contribution in [0.15, 0.2) is 94.4 Å². The van der Waals surface area contributed by atoms with Crippen LogP contribution in [0.1, 0.15) is 148 Å². The summed E-state index contributed by atoms with van der Waals surface area (Å²) >= 11 is 0. The molecule has 2 aromatic heterocycles. The third-order valence-electron chi connectivity index (χ3n) is 14.8. The van der Waals surface area contributed by atoms with Crippen molar-refractivity contribution in [1.29, 1.82) is 0 Å². The Morgan fingerprint density at radius 2 is 1.68 bits per heavy atom. The first-order chi connectivity index (χ1) is 35.2. The Morgan fingerprint density at radius 3 is 2.25 bits per heavy atom. The Morgan fingerprint density at radius 1 is 1.00 bits per heavy atom. The predicted octanol–water partition coefficient (Wildman–Crippen LogP) is 11.0. The Hall–Kier alpha value is -5.79. The lowest BCUT2D eigenvalue weighted by atomic mass is 9.88. The number of rotatable bonds is 21. The summed E-state index contributed by atoms with van der Waals surface area (Å²) in [7, 11) is 5.26. The van der Waals surface area contributed by atoms with Crippen LogP contribution in [0.25, 0.3) is 16.6 Å². The molecule has 73 heavy (non-hydrogen) atoms. The molecular formula is C60H89FN9O3+. The summed E-state index contributed by atoms with van der Waals surface area (Å²) in [5, 5.41) is 5.18. The number of allylic oxidation sites excluding steroid dienone is 4. The number of benzene rings is 2. The van der Waals surface area contributed by atoms with Gasteiger partial charge in [-0.2, -0.15) is 0 Å². The molecule has 2 aliphatic rings. The summed E-state index contributed by atoms with van der Waals surface area (Å²) < 4.78 is 19.4. The highest BCUT2D eigenvalue weighted by Gasteiger charge is 2.28. The number of aliphatic imine (C=N–C) groups is 1. The fraction of sp³-hybridized carbons (Fsp3) is 0.533. The number of imide groups is 1. The van der Waals surface area contributed by atoms with Crippen LogP contribution in [0.3, 0.4) is 0 Å². The number of aryl methyl sites for hydroxylation is 2. The van der Waals surface area contributed by atoms with Crippen LogP contribution in [0.4, 0.5) is 10.2 Å². The highest BCUT2D eigenvalue weighted by Crippen LogP contribution is 2.32. The first-order valence-corrected chi connectivity index (χ1v) is 27.2. The van der Waals surface area contributed by atoms with Gasteiger partial charge in [0.1, 0.15) is 30.8 Å². The van der Waals surface area contributed by atoms with E-state index in [1.54, 1.807) is 20.2 Å². The van der Waals surface area contributed by atoms with E-state index in [1.165, 1.54) is 96.6 Å². The standard InChI is InChI=1S/C42H63N6.C16H20FN3O3.C2H6/c1-9-23-48(34(5)10-2)31-37-18-24-46(25-19-37)30-36-11-13-38(14-12-36)39-20-26-47(27-21-39)35(6)32(3)28-33(4)41(17-22-43-7)40-15-16-42(44-8)45-29-40;1-4-6-12(15(22)18-9-21)20-14-8-11(17)10(5-2)7-13(14)19(3)16(20)23;1-2/h11-17,22,28-30,34-35,37,39H,4,9-10,18-21,23-27,31H2,1-3,5-8H3,(H,44,45);7-9,12H,4-6H2,1-3H3,(H,18,21,22);1-2H3/q+1;;/b32-28+,41-17+,43-22?,46-30?;;. The summed E-state index contributed by atoms with van der Waals surface area (Å²) in [5.41, 5.74) is 8.23. The smallest absolute Gasteiger partial charge is 0.329 e. The quantitative estimate of drug-likeness (QED) is 0.0369. The van der Waals surface area contributed by atoms with E-state index in [0.29, 0.717) is 53.9 Å². The molecule has 0 spiro atoms. The van der Waals surface area contributed by atoms with Gasteiger partial charge in [-0.05, 0) is 149 Å². The number of piperidine rings is 2. The number of hydrogen-bond acceptors (Lipinski definition) is 8. The molecule has 0 radical (unpaired) electrons. The van der Waals surface area contributed by atoms with E-state index in [1.807, 2.05) is 59.3 Å². The second-order valence-electron chi connectivity index (χ2n) is 19.5. The van der Waals surface area contributed by atoms with Crippen LogP contribution in [0, 0.1) is 11.7 Å². The Kier molecular flexibility index (Phi) is 24.9. The largest absolute Gasteiger partial charge is 0.373 e. The number of nitrogens with one attached hydrogen (secondary N) is 2. The zero-order chi connectivity index (χ0) is 53.6. The van der Waals surface area contributed by atoms with Crippen LogP contribution >= 0.6 is 0 Å². The van der Waals surface area contributed by atoms with E-state index in [2.05, 4.69) is 119 Å². The zero-order valence-electron chi connectivity index (χ0n) is 46.5. The monoisotopic (exact) mass is 1000 g/mol. The number of hydrogen-bond donors (Lipinski definition) is 2. The summed E-state index contributed by atoms with van der Waals surface area (Å²) in [6, 6.07) is 16.7. The third-order valence-corrected chi connectivity index (χ3v) is 14.8. The van der Waals surface area contributed by atoms with Crippen molar-refractivity contribution in [1.82, 2.24) is 29.2 Å². The molecular weight excluding hydrogens is 914 g/mol. The maximum atomic E-state index is 14.2. The minimum atomic E-state index is -0.853. The number of carbonyl (C=O) groups excluding carboxylic acids is 2. The van der Waals surface area contributed by atoms with E-state index >= 15 is 0 Å². The molecule has 4 heterocycles. The van der Waals surface area contributed by atoms with Gasteiger partial charge in [0.05, 0.1) is 11.0 Å². The average molecular weight is 1000 g/mol. The molecule has 2 amide bonds. The maximum Gasteiger partial charge on any atom is 0.329 e. The van der Waals surface area contributed by atoms with E-state index in [-0.39, 0.29) is 6.41 Å². The minimum Gasteiger partial charge on any atom is -0.373 e. The Bertz CT molecular complexity index is 2550. The van der Waals surface area contributed by atoms with Crippen molar-refractivity contribution < 1.29 is 18.6 Å². The molecule has 2 N–H and O–H groups in total. The van der Waals surface area contributed by atoms with Crippen molar-refractivity contribution in [3.8, 4) is 0 Å². The molecule has 2 aromatic carbocycles. The van der Waals surface area contributed by atoms with E-state index in [9.17, 15) is 18.8 Å². The number of likely N-dealkylation sites (tertiary alicyclic amines) is 1. The number of fused-ring (bicyclic) bond motifs is 1. The van der Waals surface area contributed by atoms with Gasteiger partial charge in [-0.25, -0.2) is 18.7 Å². The lowest BCUT2D eigenvalue weighted by Gasteiger charge is -2.37. The second kappa shape index (κ2) is 30.4. The molecule has 0 aliphatic carbocycles. The highest BCUT2D eigenvalue weighted by molar-refractivity contribution is 5.92. The van der Waals surface area contributed by atoms with Gasteiger partial charge in [-0.1, -0.05) is 78.3 Å². The molecule has 6 rings (SSSR count). The van der Waals surface area contributed by atoms with Crippen molar-refractivity contribution in [3.63, 3.8) is 0 Å². The lowest BCUT2D eigenvalue weighted by molar-refractivity contribution is -0.536. The normalized spacial score (nSPS) is 17.1. The molecule has 13 heteroatoms. The molecule has 2 saturated heterocycles. The van der Waals surface area contributed by atoms with Gasteiger partial charge in [0.25, 0.3) is 0 Å².